The molecule has 0 aliphatic heterocycles. The fourth-order valence-corrected chi connectivity index (χ4v) is 0.965. The molecule has 0 saturated heterocycles. The van der Waals surface area contributed by atoms with E-state index in [1.807, 2.05) is 31.2 Å². The summed E-state index contributed by atoms with van der Waals surface area (Å²) in [7, 11) is 0. The number of nitrogens with two attached hydrogens (primary N) is 1. The van der Waals surface area contributed by atoms with Gasteiger partial charge in [-0.1, -0.05) is 30.4 Å². The summed E-state index contributed by atoms with van der Waals surface area (Å²) in [6.45, 7) is 2.01. The molecule has 0 atom stereocenters. The van der Waals surface area contributed by atoms with Gasteiger partial charge in [-0.25, -0.2) is 0 Å². The fourth-order valence-electron chi connectivity index (χ4n) is 0.965. The Balaban J connectivity index is 2.77. The van der Waals surface area contributed by atoms with Gasteiger partial charge in [0.15, 0.2) is 0 Å². The predicted octanol–water partition coefficient (Wildman–Crippen LogP) is 2.39. The number of para-hydroxylation sites is 1. The molecule has 0 spiro atoms. The lowest BCUT2D eigenvalue weighted by Gasteiger charge is -1.99. The summed E-state index contributed by atoms with van der Waals surface area (Å²) >= 11 is 0. The summed E-state index contributed by atoms with van der Waals surface area (Å²) < 4.78 is 0. The van der Waals surface area contributed by atoms with Crippen LogP contribution in [0.1, 0.15) is 12.5 Å². The highest BCUT2D eigenvalue weighted by molar-refractivity contribution is 5.47. The smallest absolute Gasteiger partial charge is 0.0349 e. The number of benzene rings is 1. The Morgan fingerprint density at radius 1 is 1.36 bits per heavy atom. The van der Waals surface area contributed by atoms with Crippen molar-refractivity contribution in [2.45, 2.75) is 13.3 Å². The van der Waals surface area contributed by atoms with Crippen molar-refractivity contribution in [2.75, 3.05) is 5.73 Å². The van der Waals surface area contributed by atoms with Crippen LogP contribution in [0.5, 0.6) is 0 Å². The summed E-state index contributed by atoms with van der Waals surface area (Å²) in [5.41, 5.74) is 7.81. The zero-order valence-corrected chi connectivity index (χ0v) is 6.75. The number of rotatable bonds is 2. The minimum absolute atomic E-state index is 0.880. The van der Waals surface area contributed by atoms with Gasteiger partial charge in [-0.05, 0) is 25.0 Å². The van der Waals surface area contributed by atoms with Crippen LogP contribution < -0.4 is 5.73 Å². The van der Waals surface area contributed by atoms with Crippen molar-refractivity contribution in [3.63, 3.8) is 0 Å². The maximum atomic E-state index is 5.73. The lowest BCUT2D eigenvalue weighted by molar-refractivity contribution is 1.27. The van der Waals surface area contributed by atoms with Crippen molar-refractivity contribution in [1.29, 1.82) is 0 Å². The summed E-state index contributed by atoms with van der Waals surface area (Å²) in [4.78, 5) is 0. The first kappa shape index (κ1) is 7.86. The van der Waals surface area contributed by atoms with Crippen molar-refractivity contribution in [3.05, 3.63) is 42.0 Å². The average Bonchev–Trinajstić information content (AvgIpc) is 2.03. The van der Waals surface area contributed by atoms with Gasteiger partial charge in [0.1, 0.15) is 0 Å². The molecule has 11 heavy (non-hydrogen) atoms. The molecule has 0 aromatic heterocycles. The van der Waals surface area contributed by atoms with Gasteiger partial charge in [0.25, 0.3) is 0 Å². The minimum atomic E-state index is 0.880. The fraction of sp³-hybridized carbons (Fsp3) is 0.200. The molecule has 1 rings (SSSR count). The first-order valence-corrected chi connectivity index (χ1v) is 3.79. The summed E-state index contributed by atoms with van der Waals surface area (Å²) in [5.74, 6) is 0. The van der Waals surface area contributed by atoms with Crippen LogP contribution in [0.4, 0.5) is 5.69 Å². The maximum Gasteiger partial charge on any atom is 0.0349 e. The van der Waals surface area contributed by atoms with E-state index in [2.05, 4.69) is 12.1 Å². The maximum absolute atomic E-state index is 5.73. The highest BCUT2D eigenvalue weighted by atomic mass is 14.5. The molecule has 1 aromatic carbocycles. The quantitative estimate of drug-likeness (QED) is 0.504. The first-order chi connectivity index (χ1) is 5.34. The molecule has 0 unspecified atom stereocenters. The molecule has 0 aliphatic carbocycles. The van der Waals surface area contributed by atoms with Crippen molar-refractivity contribution < 1.29 is 0 Å². The summed E-state index contributed by atoms with van der Waals surface area (Å²) in [6, 6.07) is 7.94. The SMILES string of the molecule is C/C=C\Cc1ccccc1N. The standard InChI is InChI=1S/C10H13N/c1-2-3-6-9-7-4-5-8-10(9)11/h2-5,7-8H,6,11H2,1H3/b3-2-. The van der Waals surface area contributed by atoms with E-state index in [1.54, 1.807) is 0 Å². The number of anilines is 1. The molecular weight excluding hydrogens is 134 g/mol. The highest BCUT2D eigenvalue weighted by Crippen LogP contribution is 2.10. The molecule has 1 aromatic rings. The molecule has 2 N–H and O–H groups in total. The van der Waals surface area contributed by atoms with Gasteiger partial charge >= 0.3 is 0 Å². The Bertz CT molecular complexity index is 251. The van der Waals surface area contributed by atoms with E-state index in [-0.39, 0.29) is 0 Å². The third-order valence-electron chi connectivity index (χ3n) is 1.63. The minimum Gasteiger partial charge on any atom is -0.398 e. The topological polar surface area (TPSA) is 26.0 Å². The van der Waals surface area contributed by atoms with Crippen LogP contribution in [0.15, 0.2) is 36.4 Å². The predicted molar refractivity (Wildman–Crippen MR) is 49.4 cm³/mol. The molecular formula is C10H13N. The second-order valence-corrected chi connectivity index (χ2v) is 2.47. The van der Waals surface area contributed by atoms with Gasteiger partial charge in [-0.3, -0.25) is 0 Å². The Morgan fingerprint density at radius 2 is 2.09 bits per heavy atom. The Morgan fingerprint density at radius 3 is 2.73 bits per heavy atom. The van der Waals surface area contributed by atoms with Gasteiger partial charge in [0.2, 0.25) is 0 Å². The number of nitrogen functional groups attached to an aromatic ring is 1. The third-order valence-corrected chi connectivity index (χ3v) is 1.63. The zero-order chi connectivity index (χ0) is 8.10. The molecule has 58 valence electrons. The van der Waals surface area contributed by atoms with E-state index in [4.69, 9.17) is 5.73 Å². The molecule has 0 saturated carbocycles. The number of allylic oxidation sites excluding steroid dienone is 2. The molecule has 1 nitrogen and oxygen atoms in total. The van der Waals surface area contributed by atoms with Gasteiger partial charge < -0.3 is 5.73 Å². The van der Waals surface area contributed by atoms with E-state index in [1.165, 1.54) is 5.56 Å². The van der Waals surface area contributed by atoms with E-state index in [0.29, 0.717) is 0 Å². The van der Waals surface area contributed by atoms with Crippen LogP contribution in [0, 0.1) is 0 Å². The lowest BCUT2D eigenvalue weighted by atomic mass is 10.1. The van der Waals surface area contributed by atoms with Crippen molar-refractivity contribution >= 4 is 5.69 Å². The average molecular weight is 147 g/mol. The Kier molecular flexibility index (Phi) is 2.73. The van der Waals surface area contributed by atoms with Crippen LogP contribution in [0.25, 0.3) is 0 Å². The second-order valence-electron chi connectivity index (χ2n) is 2.47. The van der Waals surface area contributed by atoms with Crippen LogP contribution in [-0.4, -0.2) is 0 Å². The van der Waals surface area contributed by atoms with E-state index in [9.17, 15) is 0 Å². The summed E-state index contributed by atoms with van der Waals surface area (Å²) in [5, 5.41) is 0. The van der Waals surface area contributed by atoms with Crippen LogP contribution in [0.3, 0.4) is 0 Å². The molecule has 0 bridgehead atoms. The number of hydrogen-bond acceptors (Lipinski definition) is 1. The zero-order valence-electron chi connectivity index (χ0n) is 6.75. The summed E-state index contributed by atoms with van der Waals surface area (Å²) in [6.07, 6.45) is 5.07. The molecule has 0 heterocycles. The van der Waals surface area contributed by atoms with Gasteiger partial charge in [-0.15, -0.1) is 0 Å². The Hall–Kier alpha value is -1.24. The van der Waals surface area contributed by atoms with Crippen molar-refractivity contribution in [3.8, 4) is 0 Å². The van der Waals surface area contributed by atoms with Gasteiger partial charge in [0, 0.05) is 5.69 Å². The first-order valence-electron chi connectivity index (χ1n) is 3.79. The van der Waals surface area contributed by atoms with Crippen LogP contribution in [-0.2, 0) is 6.42 Å². The van der Waals surface area contributed by atoms with E-state index >= 15 is 0 Å². The molecule has 0 fully saturated rings. The van der Waals surface area contributed by atoms with Crippen molar-refractivity contribution in [1.82, 2.24) is 0 Å². The van der Waals surface area contributed by atoms with E-state index < -0.39 is 0 Å². The number of hydrogen-bond donors (Lipinski definition) is 1. The second kappa shape index (κ2) is 3.81. The van der Waals surface area contributed by atoms with E-state index in [0.717, 1.165) is 12.1 Å². The lowest BCUT2D eigenvalue weighted by Crippen LogP contribution is -1.91. The van der Waals surface area contributed by atoms with Crippen molar-refractivity contribution in [2.24, 2.45) is 0 Å². The highest BCUT2D eigenvalue weighted by Gasteiger charge is 1.92. The van der Waals surface area contributed by atoms with Gasteiger partial charge in [-0.2, -0.15) is 0 Å². The molecule has 0 amide bonds. The van der Waals surface area contributed by atoms with Crippen LogP contribution >= 0.6 is 0 Å². The molecule has 0 aliphatic rings. The normalized spacial score (nSPS) is 10.6. The van der Waals surface area contributed by atoms with Crippen LogP contribution in [0.2, 0.25) is 0 Å². The molecule has 0 radical (unpaired) electrons. The largest absolute Gasteiger partial charge is 0.398 e. The van der Waals surface area contributed by atoms with Gasteiger partial charge in [0.05, 0.1) is 0 Å². The monoisotopic (exact) mass is 147 g/mol. The Labute approximate surface area is 67.5 Å². The molecule has 1 heteroatoms. The third kappa shape index (κ3) is 2.11.